The maximum Gasteiger partial charge on any atom is 0.156 e. The molecule has 0 aliphatic rings. The Hall–Kier alpha value is -0.950. The van der Waals surface area contributed by atoms with Gasteiger partial charge in [0.1, 0.15) is 0 Å². The average Bonchev–Trinajstić information content (AvgIpc) is 2.76. The maximum atomic E-state index is 6.00. The molecule has 0 spiro atoms. The van der Waals surface area contributed by atoms with Crippen molar-refractivity contribution in [1.29, 1.82) is 0 Å². The van der Waals surface area contributed by atoms with Crippen LogP contribution in [-0.2, 0) is 6.42 Å². The summed E-state index contributed by atoms with van der Waals surface area (Å²) < 4.78 is 2.90. The first-order chi connectivity index (χ1) is 8.20. The summed E-state index contributed by atoms with van der Waals surface area (Å²) in [6, 6.07) is 4.18. The first-order valence-electron chi connectivity index (χ1n) is 5.60. The molecule has 2 N–H and O–H groups in total. The zero-order valence-electron chi connectivity index (χ0n) is 9.68. The van der Waals surface area contributed by atoms with Gasteiger partial charge in [0.2, 0.25) is 0 Å². The van der Waals surface area contributed by atoms with Crippen LogP contribution in [0.5, 0.6) is 0 Å². The number of nitrogens with zero attached hydrogens (tertiary/aromatic N) is 3. The zero-order chi connectivity index (χ0) is 12.3. The molecule has 1 unspecified atom stereocenters. The summed E-state index contributed by atoms with van der Waals surface area (Å²) in [5, 5.41) is 4.29. The number of nitrogens with two attached hydrogens (primary N) is 1. The first kappa shape index (κ1) is 12.5. The average molecular weight is 342 g/mol. The molecule has 2 rings (SSSR count). The lowest BCUT2D eigenvalue weighted by Gasteiger charge is -2.12. The maximum absolute atomic E-state index is 6.00. The van der Waals surface area contributed by atoms with Crippen molar-refractivity contribution in [3.05, 3.63) is 39.9 Å². The van der Waals surface area contributed by atoms with E-state index in [1.54, 1.807) is 10.9 Å². The molecule has 2 aromatic rings. The monoisotopic (exact) mass is 342 g/mol. The number of hydrogen-bond donors (Lipinski definition) is 1. The standard InChI is InChI=1S/C12H15IN4/c1-2-11(14)6-9-4-3-5-15-12(9)17-8-10(13)7-16-17/h3-5,7-8,11H,2,6,14H2,1H3. The molecule has 90 valence electrons. The van der Waals surface area contributed by atoms with Crippen molar-refractivity contribution < 1.29 is 0 Å². The lowest BCUT2D eigenvalue weighted by atomic mass is 10.1. The Kier molecular flexibility index (Phi) is 4.11. The SMILES string of the molecule is CCC(N)Cc1cccnc1-n1cc(I)cn1. The molecular weight excluding hydrogens is 327 g/mol. The molecule has 0 bridgehead atoms. The van der Waals surface area contributed by atoms with Crippen molar-refractivity contribution in [3.8, 4) is 5.82 Å². The van der Waals surface area contributed by atoms with Crippen LogP contribution in [0.2, 0.25) is 0 Å². The van der Waals surface area contributed by atoms with Gasteiger partial charge in [-0.2, -0.15) is 5.10 Å². The fourth-order valence-electron chi connectivity index (χ4n) is 1.64. The first-order valence-corrected chi connectivity index (χ1v) is 6.68. The van der Waals surface area contributed by atoms with Crippen LogP contribution in [0.15, 0.2) is 30.7 Å². The Labute approximate surface area is 114 Å². The largest absolute Gasteiger partial charge is 0.327 e. The van der Waals surface area contributed by atoms with Crippen molar-refractivity contribution in [1.82, 2.24) is 14.8 Å². The second kappa shape index (κ2) is 5.59. The van der Waals surface area contributed by atoms with Gasteiger partial charge in [-0.1, -0.05) is 13.0 Å². The summed E-state index contributed by atoms with van der Waals surface area (Å²) >= 11 is 2.24. The van der Waals surface area contributed by atoms with Crippen LogP contribution >= 0.6 is 22.6 Å². The summed E-state index contributed by atoms with van der Waals surface area (Å²) in [4.78, 5) is 4.39. The fraction of sp³-hybridized carbons (Fsp3) is 0.333. The molecule has 0 aromatic carbocycles. The third-order valence-electron chi connectivity index (χ3n) is 2.64. The van der Waals surface area contributed by atoms with Crippen LogP contribution < -0.4 is 5.73 Å². The smallest absolute Gasteiger partial charge is 0.156 e. The number of halogens is 1. The van der Waals surface area contributed by atoms with Crippen LogP contribution in [0.1, 0.15) is 18.9 Å². The molecule has 2 aromatic heterocycles. The molecule has 0 amide bonds. The van der Waals surface area contributed by atoms with Crippen molar-refractivity contribution >= 4 is 22.6 Å². The molecule has 4 nitrogen and oxygen atoms in total. The van der Waals surface area contributed by atoms with Gasteiger partial charge in [-0.05, 0) is 47.1 Å². The van der Waals surface area contributed by atoms with Gasteiger partial charge in [-0.25, -0.2) is 9.67 Å². The van der Waals surface area contributed by atoms with Gasteiger partial charge in [0.15, 0.2) is 5.82 Å². The van der Waals surface area contributed by atoms with E-state index in [4.69, 9.17) is 5.73 Å². The highest BCUT2D eigenvalue weighted by Crippen LogP contribution is 2.14. The highest BCUT2D eigenvalue weighted by Gasteiger charge is 2.09. The summed E-state index contributed by atoms with van der Waals surface area (Å²) in [5.41, 5.74) is 7.14. The predicted molar refractivity (Wildman–Crippen MR) is 76.0 cm³/mol. The molecule has 0 radical (unpaired) electrons. The minimum absolute atomic E-state index is 0.174. The molecule has 0 aliphatic heterocycles. The topological polar surface area (TPSA) is 56.7 Å². The van der Waals surface area contributed by atoms with E-state index in [9.17, 15) is 0 Å². The van der Waals surface area contributed by atoms with Gasteiger partial charge in [0, 0.05) is 18.4 Å². The second-order valence-electron chi connectivity index (χ2n) is 3.96. The van der Waals surface area contributed by atoms with Gasteiger partial charge in [0.05, 0.1) is 9.77 Å². The highest BCUT2D eigenvalue weighted by atomic mass is 127. The Morgan fingerprint density at radius 3 is 3.00 bits per heavy atom. The van der Waals surface area contributed by atoms with Crippen LogP contribution in [0, 0.1) is 3.57 Å². The third kappa shape index (κ3) is 3.04. The van der Waals surface area contributed by atoms with E-state index in [0.717, 1.165) is 27.8 Å². The molecule has 1 atom stereocenters. The van der Waals surface area contributed by atoms with Crippen LogP contribution in [0.3, 0.4) is 0 Å². The molecule has 0 aliphatic carbocycles. The fourth-order valence-corrected chi connectivity index (χ4v) is 2.03. The number of pyridine rings is 1. The van der Waals surface area contributed by atoms with E-state index in [0.29, 0.717) is 0 Å². The molecule has 0 saturated heterocycles. The van der Waals surface area contributed by atoms with Gasteiger partial charge in [0.25, 0.3) is 0 Å². The molecule has 0 saturated carbocycles. The Bertz CT molecular complexity index is 495. The highest BCUT2D eigenvalue weighted by molar-refractivity contribution is 14.1. The van der Waals surface area contributed by atoms with E-state index in [2.05, 4.69) is 45.7 Å². The van der Waals surface area contributed by atoms with Crippen molar-refractivity contribution in [3.63, 3.8) is 0 Å². The summed E-state index contributed by atoms with van der Waals surface area (Å²) in [6.45, 7) is 2.09. The second-order valence-corrected chi connectivity index (χ2v) is 5.21. The summed E-state index contributed by atoms with van der Waals surface area (Å²) in [6.07, 6.45) is 7.36. The quantitative estimate of drug-likeness (QED) is 0.867. The van der Waals surface area contributed by atoms with E-state index in [-0.39, 0.29) is 6.04 Å². The zero-order valence-corrected chi connectivity index (χ0v) is 11.8. The number of rotatable bonds is 4. The predicted octanol–water partition coefficient (Wildman–Crippen LogP) is 2.15. The third-order valence-corrected chi connectivity index (χ3v) is 3.20. The Morgan fingerprint density at radius 1 is 1.53 bits per heavy atom. The molecule has 2 heterocycles. The lowest BCUT2D eigenvalue weighted by molar-refractivity contribution is 0.639. The van der Waals surface area contributed by atoms with Crippen molar-refractivity contribution in [2.24, 2.45) is 5.73 Å². The Balaban J connectivity index is 2.33. The molecular formula is C12H15IN4. The lowest BCUT2D eigenvalue weighted by Crippen LogP contribution is -2.22. The van der Waals surface area contributed by atoms with Gasteiger partial charge >= 0.3 is 0 Å². The number of aromatic nitrogens is 3. The molecule has 5 heteroatoms. The summed E-state index contributed by atoms with van der Waals surface area (Å²) in [5.74, 6) is 0.874. The van der Waals surface area contributed by atoms with Crippen LogP contribution in [0.4, 0.5) is 0 Å². The molecule has 0 fully saturated rings. The van der Waals surface area contributed by atoms with Gasteiger partial charge < -0.3 is 5.73 Å². The van der Waals surface area contributed by atoms with E-state index in [1.165, 1.54) is 0 Å². The normalized spacial score (nSPS) is 12.6. The van der Waals surface area contributed by atoms with Gasteiger partial charge in [-0.15, -0.1) is 0 Å². The van der Waals surface area contributed by atoms with Crippen LogP contribution in [-0.4, -0.2) is 20.8 Å². The van der Waals surface area contributed by atoms with Gasteiger partial charge in [-0.3, -0.25) is 0 Å². The van der Waals surface area contributed by atoms with Crippen molar-refractivity contribution in [2.75, 3.05) is 0 Å². The van der Waals surface area contributed by atoms with E-state index >= 15 is 0 Å². The number of hydrogen-bond acceptors (Lipinski definition) is 3. The Morgan fingerprint density at radius 2 is 2.35 bits per heavy atom. The minimum Gasteiger partial charge on any atom is -0.327 e. The molecule has 17 heavy (non-hydrogen) atoms. The minimum atomic E-state index is 0.174. The summed E-state index contributed by atoms with van der Waals surface area (Å²) in [7, 11) is 0. The van der Waals surface area contributed by atoms with Crippen molar-refractivity contribution in [2.45, 2.75) is 25.8 Å². The van der Waals surface area contributed by atoms with Crippen LogP contribution in [0.25, 0.3) is 5.82 Å². The van der Waals surface area contributed by atoms with E-state index < -0.39 is 0 Å². The van der Waals surface area contributed by atoms with E-state index in [1.807, 2.05) is 18.5 Å².